The van der Waals surface area contributed by atoms with Gasteiger partial charge in [0.05, 0.1) is 11.5 Å². The molecule has 0 bridgehead atoms. The van der Waals surface area contributed by atoms with Crippen molar-refractivity contribution in [3.8, 4) is 33.4 Å². The predicted molar refractivity (Wildman–Crippen MR) is 227 cm³/mol. The topological polar surface area (TPSA) is 3.24 Å². The summed E-state index contributed by atoms with van der Waals surface area (Å²) >= 11 is 0. The minimum Gasteiger partial charge on any atom is -0.334 e. The number of allylic oxidation sites excluding steroid dienone is 2. The van der Waals surface area contributed by atoms with Crippen molar-refractivity contribution < 1.29 is 0 Å². The summed E-state index contributed by atoms with van der Waals surface area (Å²) in [5.41, 5.74) is 14.7. The molecule has 8 aromatic carbocycles. The average molecular weight is 690 g/mol. The Morgan fingerprint density at radius 2 is 0.907 bits per heavy atom. The third-order valence-corrected chi connectivity index (χ3v) is 11.5. The third-order valence-electron chi connectivity index (χ3n) is 11.5. The first kappa shape index (κ1) is 32.0. The van der Waals surface area contributed by atoms with Gasteiger partial charge >= 0.3 is 0 Å². The zero-order valence-electron chi connectivity index (χ0n) is 30.0. The molecule has 1 nitrogen and oxygen atoms in total. The Labute approximate surface area is 317 Å². The highest BCUT2D eigenvalue weighted by atomic mass is 15.2. The fraction of sp³-hybridized carbons (Fsp3) is 0.0566. The normalized spacial score (nSPS) is 15.1. The SMILES string of the molecule is C1=CCC(N(c2ccc(-c3ccc(C4(c5ccccc5)c5ccccc5-c5ccccc54)cc3)cc2)c2ccc(-c3ccc4ccccc4c3)cc2)C=C1. The van der Waals surface area contributed by atoms with Crippen LogP contribution in [-0.2, 0) is 5.41 Å². The molecule has 0 heterocycles. The molecule has 0 amide bonds. The van der Waals surface area contributed by atoms with E-state index in [-0.39, 0.29) is 11.5 Å². The molecule has 256 valence electrons. The van der Waals surface area contributed by atoms with Gasteiger partial charge in [0.25, 0.3) is 0 Å². The lowest BCUT2D eigenvalue weighted by molar-refractivity contribution is 0.768. The maximum atomic E-state index is 2.47. The number of hydrogen-bond donors (Lipinski definition) is 0. The number of nitrogens with zero attached hydrogens (tertiary/aromatic N) is 1. The summed E-state index contributed by atoms with van der Waals surface area (Å²) in [6, 6.07) is 71.8. The van der Waals surface area contributed by atoms with Crippen LogP contribution >= 0.6 is 0 Å². The van der Waals surface area contributed by atoms with Crippen LogP contribution in [0, 0.1) is 0 Å². The Bertz CT molecular complexity index is 2620. The second kappa shape index (κ2) is 13.4. The van der Waals surface area contributed by atoms with Gasteiger partial charge in [-0.3, -0.25) is 0 Å². The molecule has 0 spiro atoms. The van der Waals surface area contributed by atoms with Gasteiger partial charge in [-0.1, -0.05) is 188 Å². The third kappa shape index (κ3) is 5.32. The fourth-order valence-electron chi connectivity index (χ4n) is 8.91. The summed E-state index contributed by atoms with van der Waals surface area (Å²) in [5.74, 6) is 0. The molecule has 10 rings (SSSR count). The van der Waals surface area contributed by atoms with E-state index >= 15 is 0 Å². The summed E-state index contributed by atoms with van der Waals surface area (Å²) in [6.07, 6.45) is 9.85. The molecule has 8 aromatic rings. The molecule has 0 radical (unpaired) electrons. The second-order valence-corrected chi connectivity index (χ2v) is 14.4. The van der Waals surface area contributed by atoms with E-state index in [1.165, 1.54) is 77.8 Å². The van der Waals surface area contributed by atoms with Gasteiger partial charge in [0.1, 0.15) is 0 Å². The number of rotatable bonds is 7. The van der Waals surface area contributed by atoms with Crippen LogP contribution in [0.4, 0.5) is 11.4 Å². The molecule has 0 aliphatic heterocycles. The van der Waals surface area contributed by atoms with Crippen molar-refractivity contribution in [3.05, 3.63) is 241 Å². The van der Waals surface area contributed by atoms with Crippen LogP contribution in [0.5, 0.6) is 0 Å². The maximum absolute atomic E-state index is 2.47. The van der Waals surface area contributed by atoms with E-state index < -0.39 is 0 Å². The molecule has 2 aliphatic carbocycles. The zero-order valence-corrected chi connectivity index (χ0v) is 30.0. The van der Waals surface area contributed by atoms with E-state index in [4.69, 9.17) is 0 Å². The van der Waals surface area contributed by atoms with E-state index in [1.54, 1.807) is 0 Å². The van der Waals surface area contributed by atoms with Crippen molar-refractivity contribution in [3.63, 3.8) is 0 Å². The Morgan fingerprint density at radius 3 is 1.52 bits per heavy atom. The minimum atomic E-state index is -0.386. The maximum Gasteiger partial charge on any atom is 0.0713 e. The van der Waals surface area contributed by atoms with Crippen molar-refractivity contribution >= 4 is 22.1 Å². The zero-order chi connectivity index (χ0) is 35.9. The van der Waals surface area contributed by atoms with Crippen LogP contribution in [0.3, 0.4) is 0 Å². The first-order valence-corrected chi connectivity index (χ1v) is 19.0. The molecule has 1 atom stereocenters. The standard InChI is InChI=1S/C53H39N/c1-3-15-44(16-4-1)53(51-21-11-9-19-49(51)50-20-10-12-22-52(50)53)45-31-25-39(26-32-45)40-27-33-47(34-28-40)54(46-17-5-2-6-18-46)48-35-29-41(30-36-48)43-24-23-38-13-7-8-14-42(38)37-43/h1-17,19-37,46H,18H2. The van der Waals surface area contributed by atoms with Gasteiger partial charge in [-0.25, -0.2) is 0 Å². The van der Waals surface area contributed by atoms with Crippen molar-refractivity contribution in [2.75, 3.05) is 4.90 Å². The second-order valence-electron chi connectivity index (χ2n) is 14.4. The van der Waals surface area contributed by atoms with Gasteiger partial charge in [0.2, 0.25) is 0 Å². The molecule has 0 N–H and O–H groups in total. The highest BCUT2D eigenvalue weighted by Gasteiger charge is 2.45. The summed E-state index contributed by atoms with van der Waals surface area (Å²) in [5, 5.41) is 2.53. The molecule has 0 saturated carbocycles. The molecule has 2 aliphatic rings. The molecule has 1 heteroatoms. The van der Waals surface area contributed by atoms with Crippen LogP contribution in [-0.4, -0.2) is 6.04 Å². The van der Waals surface area contributed by atoms with Crippen LogP contribution in [0.25, 0.3) is 44.2 Å². The van der Waals surface area contributed by atoms with Crippen LogP contribution in [0.15, 0.2) is 218 Å². The van der Waals surface area contributed by atoms with Crippen LogP contribution in [0.2, 0.25) is 0 Å². The Balaban J connectivity index is 0.987. The lowest BCUT2D eigenvalue weighted by atomic mass is 9.67. The molecule has 1 unspecified atom stereocenters. The van der Waals surface area contributed by atoms with E-state index in [1.807, 2.05) is 0 Å². The highest BCUT2D eigenvalue weighted by molar-refractivity contribution is 5.88. The molecule has 54 heavy (non-hydrogen) atoms. The first-order chi connectivity index (χ1) is 26.8. The predicted octanol–water partition coefficient (Wildman–Crippen LogP) is 13.6. The molecular weight excluding hydrogens is 651 g/mol. The molecule has 0 fully saturated rings. The Kier molecular flexibility index (Phi) is 7.92. The first-order valence-electron chi connectivity index (χ1n) is 19.0. The molecular formula is C53H39N. The van der Waals surface area contributed by atoms with Crippen LogP contribution in [0.1, 0.15) is 28.7 Å². The Morgan fingerprint density at radius 1 is 0.407 bits per heavy atom. The van der Waals surface area contributed by atoms with Gasteiger partial charge in [0.15, 0.2) is 0 Å². The monoisotopic (exact) mass is 689 g/mol. The fourth-order valence-corrected chi connectivity index (χ4v) is 8.91. The smallest absolute Gasteiger partial charge is 0.0713 e. The van der Waals surface area contributed by atoms with Crippen LogP contribution < -0.4 is 4.90 Å². The van der Waals surface area contributed by atoms with E-state index in [9.17, 15) is 0 Å². The number of benzene rings is 8. The van der Waals surface area contributed by atoms with E-state index in [2.05, 4.69) is 223 Å². The summed E-state index contributed by atoms with van der Waals surface area (Å²) in [6.45, 7) is 0. The van der Waals surface area contributed by atoms with Crippen molar-refractivity contribution in [2.24, 2.45) is 0 Å². The number of hydrogen-bond acceptors (Lipinski definition) is 1. The quantitative estimate of drug-likeness (QED) is 0.161. The van der Waals surface area contributed by atoms with E-state index in [0.29, 0.717) is 0 Å². The highest BCUT2D eigenvalue weighted by Crippen LogP contribution is 2.56. The van der Waals surface area contributed by atoms with E-state index in [0.717, 1.165) is 6.42 Å². The Hall–Kier alpha value is -6.70. The average Bonchev–Trinajstić information content (AvgIpc) is 3.56. The minimum absolute atomic E-state index is 0.234. The van der Waals surface area contributed by atoms with Gasteiger partial charge in [-0.2, -0.15) is 0 Å². The van der Waals surface area contributed by atoms with Crippen molar-refractivity contribution in [2.45, 2.75) is 17.9 Å². The summed E-state index contributed by atoms with van der Waals surface area (Å²) < 4.78 is 0. The largest absolute Gasteiger partial charge is 0.334 e. The van der Waals surface area contributed by atoms with Crippen molar-refractivity contribution in [1.82, 2.24) is 0 Å². The van der Waals surface area contributed by atoms with Crippen molar-refractivity contribution in [1.29, 1.82) is 0 Å². The van der Waals surface area contributed by atoms with Gasteiger partial charge in [-0.15, -0.1) is 0 Å². The van der Waals surface area contributed by atoms with Gasteiger partial charge < -0.3 is 4.90 Å². The molecule has 0 saturated heterocycles. The van der Waals surface area contributed by atoms with Gasteiger partial charge in [-0.05, 0) is 103 Å². The lowest BCUT2D eigenvalue weighted by Crippen LogP contribution is -2.29. The summed E-state index contributed by atoms with van der Waals surface area (Å²) in [7, 11) is 0. The lowest BCUT2D eigenvalue weighted by Gasteiger charge is -2.34. The molecule has 0 aromatic heterocycles. The number of anilines is 2. The van der Waals surface area contributed by atoms with Gasteiger partial charge in [0, 0.05) is 11.4 Å². The number of fused-ring (bicyclic) bond motifs is 4. The summed E-state index contributed by atoms with van der Waals surface area (Å²) in [4.78, 5) is 2.47.